The Hall–Kier alpha value is -10.3. The SMILES string of the molecule is CC(=O)N[C@H](Cc1ccc2ccccc2c1)C(=O)N[C@H](Cc1ccc(Cl)cc1)C(=O)N[C@H](Cc1cccnc1)C(=O)N[C@@H](CO)C(=O)N[C@@H](CCCCNCc1ccccn1)C(=O)N[C@@H](CCCCNCc1ccccn1)C(=O)N[C@@H](CCCCNC(C)C)C(=O)N[C@@H](CC(C)C)C(=O)N1CCC[C@@H]1C(=O)N[C@H](C)C(N)=O. The largest absolute Gasteiger partial charge is 0.394 e. The second kappa shape index (κ2) is 47.1. The Morgan fingerprint density at radius 1 is 0.500 bits per heavy atom. The average Bonchev–Trinajstić information content (AvgIpc) is 1.23. The van der Waals surface area contributed by atoms with Gasteiger partial charge in [-0.15, -0.1) is 0 Å². The van der Waals surface area contributed by atoms with Crippen LogP contribution in [-0.4, -0.2) is 189 Å². The van der Waals surface area contributed by atoms with Crippen LogP contribution in [0.25, 0.3) is 10.8 Å². The molecule has 1 saturated heterocycles. The molecule has 4 heterocycles. The van der Waals surface area contributed by atoms with Gasteiger partial charge in [0.05, 0.1) is 18.0 Å². The first-order valence-electron chi connectivity index (χ1n) is 38.8. The Bertz CT molecular complexity index is 4020. The van der Waals surface area contributed by atoms with Gasteiger partial charge in [0.15, 0.2) is 0 Å². The van der Waals surface area contributed by atoms with Gasteiger partial charge in [0, 0.05) is 81.7 Å². The fraction of sp³-hybridized carbons (Fsp3) is 0.488. The van der Waals surface area contributed by atoms with Gasteiger partial charge in [-0.2, -0.15) is 0 Å². The zero-order valence-corrected chi connectivity index (χ0v) is 65.7. The lowest BCUT2D eigenvalue weighted by molar-refractivity contribution is -0.142. The number of nitrogens with zero attached hydrogens (tertiary/aromatic N) is 4. The van der Waals surface area contributed by atoms with E-state index in [1.807, 2.05) is 107 Å². The van der Waals surface area contributed by atoms with Gasteiger partial charge in [0.1, 0.15) is 60.4 Å². The molecule has 1 aliphatic heterocycles. The number of benzene rings is 3. The summed E-state index contributed by atoms with van der Waals surface area (Å²) in [5.74, 6) is -8.18. The number of hydrogen-bond acceptors (Lipinski definition) is 18. The molecule has 6 aromatic rings. The van der Waals surface area contributed by atoms with Crippen molar-refractivity contribution in [2.75, 3.05) is 32.8 Å². The number of carbonyl (C=O) groups excluding carboxylic acids is 11. The van der Waals surface area contributed by atoms with E-state index in [0.717, 1.165) is 27.7 Å². The number of aliphatic hydroxyl groups is 1. The molecular formula is C82H112ClN17O12. The molecule has 10 atom stereocenters. The summed E-state index contributed by atoms with van der Waals surface area (Å²) in [5.41, 5.74) is 8.84. The molecule has 30 heteroatoms. The first kappa shape index (κ1) is 88.9. The second-order valence-electron chi connectivity index (χ2n) is 29.2. The van der Waals surface area contributed by atoms with E-state index in [0.29, 0.717) is 100 Å². The molecule has 0 aliphatic carbocycles. The van der Waals surface area contributed by atoms with E-state index in [1.165, 1.54) is 31.1 Å². The van der Waals surface area contributed by atoms with Crippen LogP contribution in [0.15, 0.2) is 140 Å². The molecule has 0 bridgehead atoms. The van der Waals surface area contributed by atoms with Crippen LogP contribution in [0.4, 0.5) is 0 Å². The number of rotatable bonds is 48. The molecule has 29 nitrogen and oxygen atoms in total. The topological polar surface area (TPSA) is 420 Å². The first-order valence-corrected chi connectivity index (χ1v) is 39.2. The summed E-state index contributed by atoms with van der Waals surface area (Å²) >= 11 is 6.28. The summed E-state index contributed by atoms with van der Waals surface area (Å²) in [7, 11) is 0. The molecule has 0 unspecified atom stereocenters. The van der Waals surface area contributed by atoms with Crippen LogP contribution in [0.1, 0.15) is 147 Å². The molecule has 604 valence electrons. The van der Waals surface area contributed by atoms with E-state index < -0.39 is 132 Å². The van der Waals surface area contributed by atoms with Gasteiger partial charge < -0.3 is 79.5 Å². The van der Waals surface area contributed by atoms with Crippen LogP contribution in [0, 0.1) is 5.92 Å². The van der Waals surface area contributed by atoms with Crippen molar-refractivity contribution in [1.29, 1.82) is 0 Å². The van der Waals surface area contributed by atoms with Gasteiger partial charge in [-0.1, -0.05) is 112 Å². The number of nitrogens with one attached hydrogen (secondary N) is 12. The number of likely N-dealkylation sites (tertiary alicyclic amines) is 1. The number of aliphatic hydroxyl groups excluding tert-OH is 1. The van der Waals surface area contributed by atoms with Gasteiger partial charge >= 0.3 is 0 Å². The molecule has 3 aromatic carbocycles. The molecule has 11 amide bonds. The molecule has 0 spiro atoms. The maximum absolute atomic E-state index is 15.2. The minimum atomic E-state index is -1.76. The summed E-state index contributed by atoms with van der Waals surface area (Å²) in [6.07, 6.45) is 9.92. The van der Waals surface area contributed by atoms with Crippen LogP contribution >= 0.6 is 11.6 Å². The van der Waals surface area contributed by atoms with Gasteiger partial charge in [-0.05, 0) is 179 Å². The van der Waals surface area contributed by atoms with E-state index in [9.17, 15) is 48.3 Å². The first-order chi connectivity index (χ1) is 53.8. The Balaban J connectivity index is 1.15. The van der Waals surface area contributed by atoms with Gasteiger partial charge in [0.25, 0.3) is 0 Å². The Labute approximate surface area is 660 Å². The van der Waals surface area contributed by atoms with Crippen molar-refractivity contribution < 1.29 is 57.8 Å². The second-order valence-corrected chi connectivity index (χ2v) is 29.6. The third-order valence-electron chi connectivity index (χ3n) is 19.1. The molecule has 1 fully saturated rings. The zero-order valence-electron chi connectivity index (χ0n) is 64.9. The predicted octanol–water partition coefficient (Wildman–Crippen LogP) is 3.71. The number of aromatic nitrogens is 3. The lowest BCUT2D eigenvalue weighted by atomic mass is 9.99. The van der Waals surface area contributed by atoms with Crippen molar-refractivity contribution >= 4 is 87.4 Å². The number of hydrogen-bond donors (Lipinski definition) is 14. The fourth-order valence-electron chi connectivity index (χ4n) is 13.1. The van der Waals surface area contributed by atoms with Crippen LogP contribution in [-0.2, 0) is 85.1 Å². The van der Waals surface area contributed by atoms with Crippen LogP contribution < -0.4 is 69.5 Å². The van der Waals surface area contributed by atoms with E-state index in [1.54, 1.807) is 48.8 Å². The number of nitrogens with two attached hydrogens (primary N) is 1. The van der Waals surface area contributed by atoms with Crippen molar-refractivity contribution in [3.63, 3.8) is 0 Å². The quantitative estimate of drug-likeness (QED) is 0.0242. The summed E-state index contributed by atoms with van der Waals surface area (Å²) in [4.78, 5) is 172. The van der Waals surface area contributed by atoms with E-state index in [2.05, 4.69) is 78.8 Å². The number of halogens is 1. The molecule has 3 aromatic heterocycles. The lowest BCUT2D eigenvalue weighted by Crippen LogP contribution is -2.61. The van der Waals surface area contributed by atoms with Crippen LogP contribution in [0.3, 0.4) is 0 Å². The third-order valence-corrected chi connectivity index (χ3v) is 19.4. The Kier molecular flexibility index (Phi) is 37.4. The van der Waals surface area contributed by atoms with E-state index >= 15 is 9.59 Å². The van der Waals surface area contributed by atoms with Crippen molar-refractivity contribution in [1.82, 2.24) is 83.7 Å². The summed E-state index contributed by atoms with van der Waals surface area (Å²) < 4.78 is 0. The molecular weight excluding hydrogens is 1450 g/mol. The number of fused-ring (bicyclic) bond motifs is 1. The highest BCUT2D eigenvalue weighted by molar-refractivity contribution is 6.30. The number of primary amides is 1. The van der Waals surface area contributed by atoms with Crippen molar-refractivity contribution in [3.8, 4) is 0 Å². The van der Waals surface area contributed by atoms with Gasteiger partial charge in [-0.25, -0.2) is 0 Å². The van der Waals surface area contributed by atoms with E-state index in [4.69, 9.17) is 17.3 Å². The highest BCUT2D eigenvalue weighted by atomic mass is 35.5. The highest BCUT2D eigenvalue weighted by Crippen LogP contribution is 2.23. The van der Waals surface area contributed by atoms with Gasteiger partial charge in [-0.3, -0.25) is 67.7 Å². The van der Waals surface area contributed by atoms with Gasteiger partial charge in [0.2, 0.25) is 65.0 Å². The minimum Gasteiger partial charge on any atom is -0.394 e. The number of unbranched alkanes of at least 4 members (excludes halogenated alkanes) is 3. The monoisotopic (exact) mass is 1560 g/mol. The smallest absolute Gasteiger partial charge is 0.245 e. The third kappa shape index (κ3) is 30.7. The van der Waals surface area contributed by atoms with Crippen LogP contribution in [0.5, 0.6) is 0 Å². The zero-order chi connectivity index (χ0) is 80.9. The molecule has 112 heavy (non-hydrogen) atoms. The minimum absolute atomic E-state index is 0.0173. The number of pyridine rings is 3. The standard InChI is InChI=1S/C82H112ClN17O12/c1-52(2)43-70(82(112)100-42-20-29-72(100)81(111)91-54(5)73(84)103)98-76(106)66(28-13-18-39-88-53(3)4)94-74(104)64(26-11-14-36-86-49-62-24-9-16-40-89-62)93-75(105)65(27-12-15-37-87-50-63-25-10-17-41-90-63)95-80(110)71(51-101)99-79(109)69(47-58-21-19-38-85-48-58)97-78(108)68(45-56-31-34-61(83)35-32-56)96-77(107)67(92-55(6)102)46-57-30-33-59-22-7-8-23-60(59)44-57/h7-10,16-17,19,21-25,30-35,38,40-41,44,48,52-54,64-72,86-88,101H,11-15,18,20,26-29,36-37,39,42-43,45-47,49-51H2,1-6H3,(H2,84,103)(H,91,111)(H,92,102)(H,93,105)(H,94,104)(H,95,110)(H,96,107)(H,97,108)(H,98,106)(H,99,109)/t54-,64+,65+,66+,67-,68-,69-,70+,71+,72-/m1/s1. The van der Waals surface area contributed by atoms with Crippen LogP contribution in [0.2, 0.25) is 5.02 Å². The highest BCUT2D eigenvalue weighted by Gasteiger charge is 2.40. The molecule has 1 aliphatic rings. The molecule has 7 rings (SSSR count). The summed E-state index contributed by atoms with van der Waals surface area (Å²) in [5, 5.41) is 48.4. The average molecular weight is 1560 g/mol. The Morgan fingerprint density at radius 3 is 1.47 bits per heavy atom. The lowest BCUT2D eigenvalue weighted by Gasteiger charge is -2.31. The summed E-state index contributed by atoms with van der Waals surface area (Å²) in [6.45, 7) is 12.1. The number of amides is 11. The summed E-state index contributed by atoms with van der Waals surface area (Å²) in [6, 6.07) is 21.6. The molecule has 15 N–H and O–H groups in total. The fourth-order valence-corrected chi connectivity index (χ4v) is 13.2. The van der Waals surface area contributed by atoms with Crippen molar-refractivity contribution in [2.24, 2.45) is 11.7 Å². The number of carbonyl (C=O) groups is 11. The van der Waals surface area contributed by atoms with Crippen molar-refractivity contribution in [2.45, 2.75) is 217 Å². The van der Waals surface area contributed by atoms with Crippen molar-refractivity contribution in [3.05, 3.63) is 173 Å². The normalized spacial score (nSPS) is 15.1. The molecule has 0 saturated carbocycles. The van der Waals surface area contributed by atoms with E-state index in [-0.39, 0.29) is 63.5 Å². The maximum atomic E-state index is 15.2. The molecule has 0 radical (unpaired) electrons. The Morgan fingerprint density at radius 2 is 0.973 bits per heavy atom. The predicted molar refractivity (Wildman–Crippen MR) is 427 cm³/mol. The maximum Gasteiger partial charge on any atom is 0.245 e.